The number of hydrogen-bond donors (Lipinski definition) is 0. The Kier molecular flexibility index (Phi) is 8.12. The summed E-state index contributed by atoms with van der Waals surface area (Å²) >= 11 is 0. The number of benzene rings is 7. The summed E-state index contributed by atoms with van der Waals surface area (Å²) < 4.78 is 0. The first-order chi connectivity index (χ1) is 27.2. The molecule has 0 amide bonds. The highest BCUT2D eigenvalue weighted by Crippen LogP contribution is 2.38. The largest absolute Gasteiger partial charge is 0.311 e. The smallest absolute Gasteiger partial charge is 0.0462 e. The SMILES string of the molecule is c1cc2ccc(-c3ccc(-c4ccc(N(c5ccc(-c6ccc7ccncc7c6)cc5)c5ccc(-c6ccc7ccncc7c6)cc5)cc4)cc3)cc2cn1. The Labute approximate surface area is 319 Å². The van der Waals surface area contributed by atoms with Crippen LogP contribution in [-0.4, -0.2) is 15.0 Å². The Hall–Kier alpha value is -7.43. The average molecular weight is 703 g/mol. The van der Waals surface area contributed by atoms with E-state index in [1.807, 2.05) is 55.4 Å². The minimum atomic E-state index is 1.08. The van der Waals surface area contributed by atoms with Gasteiger partial charge in [-0.15, -0.1) is 0 Å². The second kappa shape index (κ2) is 13.8. The molecule has 4 heteroatoms. The van der Waals surface area contributed by atoms with Crippen LogP contribution in [0.1, 0.15) is 0 Å². The zero-order valence-corrected chi connectivity index (χ0v) is 29.9. The highest BCUT2D eigenvalue weighted by atomic mass is 15.1. The second-order valence-electron chi connectivity index (χ2n) is 13.9. The van der Waals surface area contributed by atoms with Crippen LogP contribution in [0.2, 0.25) is 0 Å². The number of aromatic nitrogens is 3. The Morgan fingerprint density at radius 1 is 0.236 bits per heavy atom. The topological polar surface area (TPSA) is 41.9 Å². The molecule has 7 aromatic carbocycles. The van der Waals surface area contributed by atoms with E-state index >= 15 is 0 Å². The van der Waals surface area contributed by atoms with E-state index in [0.29, 0.717) is 0 Å². The highest BCUT2D eigenvalue weighted by Gasteiger charge is 2.14. The van der Waals surface area contributed by atoms with Crippen molar-refractivity contribution in [2.45, 2.75) is 0 Å². The molecular formula is C51H34N4. The summed E-state index contributed by atoms with van der Waals surface area (Å²) in [6.07, 6.45) is 11.3. The van der Waals surface area contributed by atoms with Gasteiger partial charge in [0.2, 0.25) is 0 Å². The Bertz CT molecular complexity index is 2830. The van der Waals surface area contributed by atoms with Crippen LogP contribution in [0.4, 0.5) is 17.1 Å². The number of rotatable bonds is 7. The predicted molar refractivity (Wildman–Crippen MR) is 229 cm³/mol. The summed E-state index contributed by atoms with van der Waals surface area (Å²) in [5.74, 6) is 0. The van der Waals surface area contributed by atoms with E-state index in [0.717, 1.165) is 44.3 Å². The van der Waals surface area contributed by atoms with Gasteiger partial charge >= 0.3 is 0 Å². The molecule has 0 aliphatic rings. The van der Waals surface area contributed by atoms with E-state index in [9.17, 15) is 0 Å². The van der Waals surface area contributed by atoms with E-state index in [1.54, 1.807) is 0 Å². The summed E-state index contributed by atoms with van der Waals surface area (Å²) in [4.78, 5) is 15.3. The first kappa shape index (κ1) is 32.2. The molecule has 55 heavy (non-hydrogen) atoms. The maximum Gasteiger partial charge on any atom is 0.0462 e. The highest BCUT2D eigenvalue weighted by molar-refractivity contribution is 5.90. The molecule has 0 spiro atoms. The van der Waals surface area contributed by atoms with Crippen LogP contribution >= 0.6 is 0 Å². The van der Waals surface area contributed by atoms with Crippen molar-refractivity contribution in [3.8, 4) is 44.5 Å². The van der Waals surface area contributed by atoms with Gasteiger partial charge in [-0.2, -0.15) is 0 Å². The maximum absolute atomic E-state index is 4.33. The quantitative estimate of drug-likeness (QED) is 0.166. The van der Waals surface area contributed by atoms with Crippen LogP contribution in [0.25, 0.3) is 76.8 Å². The number of hydrogen-bond acceptors (Lipinski definition) is 4. The van der Waals surface area contributed by atoms with Crippen LogP contribution < -0.4 is 4.90 Å². The van der Waals surface area contributed by atoms with Crippen molar-refractivity contribution in [3.05, 3.63) is 207 Å². The van der Waals surface area contributed by atoms with Gasteiger partial charge in [-0.05, 0) is 133 Å². The lowest BCUT2D eigenvalue weighted by molar-refractivity contribution is 1.28. The lowest BCUT2D eigenvalue weighted by Gasteiger charge is -2.26. The van der Waals surface area contributed by atoms with E-state index in [4.69, 9.17) is 0 Å². The molecule has 4 nitrogen and oxygen atoms in total. The number of nitrogens with zero attached hydrogens (tertiary/aromatic N) is 4. The normalized spacial score (nSPS) is 11.3. The van der Waals surface area contributed by atoms with Crippen molar-refractivity contribution < 1.29 is 0 Å². The Balaban J connectivity index is 0.976. The fourth-order valence-electron chi connectivity index (χ4n) is 7.50. The van der Waals surface area contributed by atoms with Gasteiger partial charge in [0.1, 0.15) is 0 Å². The van der Waals surface area contributed by atoms with Crippen LogP contribution in [0.3, 0.4) is 0 Å². The third-order valence-corrected chi connectivity index (χ3v) is 10.5. The van der Waals surface area contributed by atoms with Crippen LogP contribution in [-0.2, 0) is 0 Å². The second-order valence-corrected chi connectivity index (χ2v) is 13.9. The molecule has 3 aromatic heterocycles. The molecule has 0 bridgehead atoms. The summed E-state index contributed by atoms with van der Waals surface area (Å²) in [5.41, 5.74) is 12.6. The molecule has 0 N–H and O–H groups in total. The van der Waals surface area contributed by atoms with Crippen molar-refractivity contribution in [1.29, 1.82) is 0 Å². The minimum Gasteiger partial charge on any atom is -0.311 e. The van der Waals surface area contributed by atoms with Gasteiger partial charge in [0.05, 0.1) is 0 Å². The third-order valence-electron chi connectivity index (χ3n) is 10.5. The molecule has 0 saturated heterocycles. The van der Waals surface area contributed by atoms with Crippen molar-refractivity contribution in [3.63, 3.8) is 0 Å². The molecule has 3 heterocycles. The van der Waals surface area contributed by atoms with Crippen LogP contribution in [0.5, 0.6) is 0 Å². The van der Waals surface area contributed by atoms with Gasteiger partial charge < -0.3 is 4.90 Å². The van der Waals surface area contributed by atoms with Crippen molar-refractivity contribution in [2.75, 3.05) is 4.90 Å². The number of pyridine rings is 3. The van der Waals surface area contributed by atoms with Crippen LogP contribution in [0, 0.1) is 0 Å². The fourth-order valence-corrected chi connectivity index (χ4v) is 7.50. The molecule has 0 saturated carbocycles. The van der Waals surface area contributed by atoms with Gasteiger partial charge in [0.15, 0.2) is 0 Å². The average Bonchev–Trinajstić information content (AvgIpc) is 3.27. The van der Waals surface area contributed by atoms with Gasteiger partial charge in [-0.3, -0.25) is 15.0 Å². The van der Waals surface area contributed by atoms with Gasteiger partial charge in [-0.25, -0.2) is 0 Å². The van der Waals surface area contributed by atoms with Gasteiger partial charge in [-0.1, -0.05) is 97.1 Å². The van der Waals surface area contributed by atoms with E-state index in [-0.39, 0.29) is 0 Å². The zero-order chi connectivity index (χ0) is 36.6. The molecule has 0 atom stereocenters. The predicted octanol–water partition coefficient (Wildman–Crippen LogP) is 13.5. The summed E-state index contributed by atoms with van der Waals surface area (Å²) in [5, 5.41) is 6.98. The standard InChI is InChI=1S/C51H34N4/c1-3-37(43-8-5-40-23-26-52-32-46(40)29-43)4-2-35(1)36-11-17-49(18-12-36)55(50-19-13-38(14-20-50)44-9-6-41-24-27-53-33-47(41)30-44)51-21-15-39(16-22-51)45-10-7-42-25-28-54-34-48(42)31-45/h1-34H. The summed E-state index contributed by atoms with van der Waals surface area (Å²) in [7, 11) is 0. The molecule has 0 aliphatic carbocycles. The molecular weight excluding hydrogens is 669 g/mol. The van der Waals surface area contributed by atoms with Crippen molar-refractivity contribution in [2.24, 2.45) is 0 Å². The van der Waals surface area contributed by atoms with E-state index < -0.39 is 0 Å². The van der Waals surface area contributed by atoms with Gasteiger partial charge in [0, 0.05) is 70.4 Å². The molecule has 0 radical (unpaired) electrons. The molecule has 10 rings (SSSR count). The zero-order valence-electron chi connectivity index (χ0n) is 29.9. The summed E-state index contributed by atoms with van der Waals surface area (Å²) in [6, 6.07) is 61.2. The first-order valence-corrected chi connectivity index (χ1v) is 18.5. The molecule has 258 valence electrons. The van der Waals surface area contributed by atoms with Crippen molar-refractivity contribution >= 4 is 49.4 Å². The minimum absolute atomic E-state index is 1.08. The van der Waals surface area contributed by atoms with Crippen LogP contribution in [0.15, 0.2) is 207 Å². The van der Waals surface area contributed by atoms with E-state index in [2.05, 4.69) is 172 Å². The third kappa shape index (κ3) is 6.36. The monoisotopic (exact) mass is 702 g/mol. The first-order valence-electron chi connectivity index (χ1n) is 18.5. The number of fused-ring (bicyclic) bond motifs is 3. The van der Waals surface area contributed by atoms with Gasteiger partial charge in [0.25, 0.3) is 0 Å². The Morgan fingerprint density at radius 3 is 0.800 bits per heavy atom. The maximum atomic E-state index is 4.33. The van der Waals surface area contributed by atoms with E-state index in [1.165, 1.54) is 49.5 Å². The molecule has 0 aliphatic heterocycles. The molecule has 10 aromatic rings. The fraction of sp³-hybridized carbons (Fsp3) is 0. The number of anilines is 3. The van der Waals surface area contributed by atoms with Crippen molar-refractivity contribution in [1.82, 2.24) is 15.0 Å². The lowest BCUT2D eigenvalue weighted by atomic mass is 9.98. The Morgan fingerprint density at radius 2 is 0.491 bits per heavy atom. The molecule has 0 fully saturated rings. The lowest BCUT2D eigenvalue weighted by Crippen LogP contribution is -2.09. The molecule has 0 unspecified atom stereocenters. The summed E-state index contributed by atoms with van der Waals surface area (Å²) in [6.45, 7) is 0.